The summed E-state index contributed by atoms with van der Waals surface area (Å²) in [7, 11) is 0. The number of nitrogens with one attached hydrogen (secondary N) is 1. The molecule has 0 saturated heterocycles. The van der Waals surface area contributed by atoms with E-state index in [9.17, 15) is 0 Å². The number of hydrogen-bond donors (Lipinski definition) is 1. The summed E-state index contributed by atoms with van der Waals surface area (Å²) < 4.78 is 5.53. The van der Waals surface area contributed by atoms with Gasteiger partial charge >= 0.3 is 0 Å². The lowest BCUT2D eigenvalue weighted by atomic mass is 10.3. The highest BCUT2D eigenvalue weighted by Crippen LogP contribution is 2.09. The molecule has 0 spiro atoms. The summed E-state index contributed by atoms with van der Waals surface area (Å²) in [5.41, 5.74) is 0. The highest BCUT2D eigenvalue weighted by molar-refractivity contribution is 5.42. The SMILES string of the molecule is C/C=C/c1ccc(CNC(C)C)o1. The molecule has 72 valence electrons. The van der Waals surface area contributed by atoms with Crippen LogP contribution in [0.25, 0.3) is 6.08 Å². The quantitative estimate of drug-likeness (QED) is 0.768. The highest BCUT2D eigenvalue weighted by Gasteiger charge is 1.99. The third-order valence-electron chi connectivity index (χ3n) is 1.70. The molecule has 0 aliphatic rings. The summed E-state index contributed by atoms with van der Waals surface area (Å²) >= 11 is 0. The third-order valence-corrected chi connectivity index (χ3v) is 1.70. The molecule has 0 aromatic carbocycles. The Kier molecular flexibility index (Phi) is 3.77. The third kappa shape index (κ3) is 3.47. The van der Waals surface area contributed by atoms with Gasteiger partial charge in [0, 0.05) is 6.04 Å². The lowest BCUT2D eigenvalue weighted by molar-refractivity contribution is 0.460. The molecule has 1 aromatic rings. The molecule has 2 nitrogen and oxygen atoms in total. The van der Waals surface area contributed by atoms with Gasteiger partial charge in [-0.3, -0.25) is 0 Å². The van der Waals surface area contributed by atoms with Crippen LogP contribution in [0.5, 0.6) is 0 Å². The fraction of sp³-hybridized carbons (Fsp3) is 0.455. The van der Waals surface area contributed by atoms with Crippen LogP contribution in [0.4, 0.5) is 0 Å². The fourth-order valence-corrected chi connectivity index (χ4v) is 1.05. The smallest absolute Gasteiger partial charge is 0.126 e. The molecule has 0 atom stereocenters. The molecule has 2 heteroatoms. The Morgan fingerprint density at radius 3 is 2.85 bits per heavy atom. The minimum Gasteiger partial charge on any atom is -0.460 e. The monoisotopic (exact) mass is 179 g/mol. The van der Waals surface area contributed by atoms with Crippen LogP contribution in [-0.4, -0.2) is 6.04 Å². The van der Waals surface area contributed by atoms with Crippen LogP contribution in [0, 0.1) is 0 Å². The van der Waals surface area contributed by atoms with Crippen molar-refractivity contribution in [2.45, 2.75) is 33.4 Å². The number of allylic oxidation sites excluding steroid dienone is 1. The molecule has 0 bridgehead atoms. The molecule has 1 heterocycles. The van der Waals surface area contributed by atoms with Crippen LogP contribution in [-0.2, 0) is 6.54 Å². The zero-order valence-electron chi connectivity index (χ0n) is 8.50. The average molecular weight is 179 g/mol. The van der Waals surface area contributed by atoms with Crippen LogP contribution < -0.4 is 5.32 Å². The van der Waals surface area contributed by atoms with E-state index in [1.807, 2.05) is 31.2 Å². The van der Waals surface area contributed by atoms with Crippen LogP contribution in [0.15, 0.2) is 22.6 Å². The summed E-state index contributed by atoms with van der Waals surface area (Å²) in [5, 5.41) is 3.30. The van der Waals surface area contributed by atoms with Gasteiger partial charge in [-0.25, -0.2) is 0 Å². The van der Waals surface area contributed by atoms with Gasteiger partial charge < -0.3 is 9.73 Å². The highest BCUT2D eigenvalue weighted by atomic mass is 16.3. The van der Waals surface area contributed by atoms with Gasteiger partial charge in [0.25, 0.3) is 0 Å². The van der Waals surface area contributed by atoms with Crippen molar-refractivity contribution in [1.29, 1.82) is 0 Å². The van der Waals surface area contributed by atoms with E-state index in [-0.39, 0.29) is 0 Å². The molecule has 1 N–H and O–H groups in total. The number of rotatable bonds is 4. The Bertz CT molecular complexity index is 273. The van der Waals surface area contributed by atoms with E-state index in [2.05, 4.69) is 19.2 Å². The van der Waals surface area contributed by atoms with E-state index < -0.39 is 0 Å². The van der Waals surface area contributed by atoms with Crippen molar-refractivity contribution in [2.75, 3.05) is 0 Å². The maximum absolute atomic E-state index is 5.53. The molecular weight excluding hydrogens is 162 g/mol. The lowest BCUT2D eigenvalue weighted by Gasteiger charge is -2.04. The zero-order chi connectivity index (χ0) is 9.68. The van der Waals surface area contributed by atoms with E-state index in [0.717, 1.165) is 18.1 Å². The predicted octanol–water partition coefficient (Wildman–Crippen LogP) is 2.81. The molecule has 0 aliphatic carbocycles. The minimum absolute atomic E-state index is 0.496. The maximum atomic E-state index is 5.53. The molecule has 0 radical (unpaired) electrons. The van der Waals surface area contributed by atoms with Crippen molar-refractivity contribution in [3.8, 4) is 0 Å². The van der Waals surface area contributed by atoms with Crippen LogP contribution in [0.1, 0.15) is 32.3 Å². The minimum atomic E-state index is 0.496. The number of hydrogen-bond acceptors (Lipinski definition) is 2. The Hall–Kier alpha value is -1.02. The van der Waals surface area contributed by atoms with Gasteiger partial charge in [0.05, 0.1) is 6.54 Å². The van der Waals surface area contributed by atoms with Gasteiger partial charge in [0.2, 0.25) is 0 Å². The first-order valence-corrected chi connectivity index (χ1v) is 4.67. The van der Waals surface area contributed by atoms with Gasteiger partial charge in [-0.05, 0) is 25.1 Å². The summed E-state index contributed by atoms with van der Waals surface area (Å²) in [5.74, 6) is 1.91. The first-order chi connectivity index (χ1) is 6.22. The predicted molar refractivity (Wildman–Crippen MR) is 55.4 cm³/mol. The van der Waals surface area contributed by atoms with E-state index in [1.54, 1.807) is 0 Å². The van der Waals surface area contributed by atoms with E-state index in [0.29, 0.717) is 6.04 Å². The number of furan rings is 1. The van der Waals surface area contributed by atoms with Crippen molar-refractivity contribution in [3.05, 3.63) is 29.7 Å². The first-order valence-electron chi connectivity index (χ1n) is 4.67. The Morgan fingerprint density at radius 2 is 2.23 bits per heavy atom. The van der Waals surface area contributed by atoms with E-state index in [4.69, 9.17) is 4.42 Å². The Balaban J connectivity index is 2.49. The van der Waals surface area contributed by atoms with Gasteiger partial charge in [0.15, 0.2) is 0 Å². The largest absolute Gasteiger partial charge is 0.460 e. The van der Waals surface area contributed by atoms with Gasteiger partial charge in [0.1, 0.15) is 11.5 Å². The summed E-state index contributed by atoms with van der Waals surface area (Å²) in [6.45, 7) is 7.02. The summed E-state index contributed by atoms with van der Waals surface area (Å²) in [4.78, 5) is 0. The normalized spacial score (nSPS) is 11.7. The van der Waals surface area contributed by atoms with Gasteiger partial charge in [-0.1, -0.05) is 19.9 Å². The van der Waals surface area contributed by atoms with Crippen LogP contribution in [0.3, 0.4) is 0 Å². The second-order valence-electron chi connectivity index (χ2n) is 3.34. The summed E-state index contributed by atoms with van der Waals surface area (Å²) in [6, 6.07) is 4.48. The maximum Gasteiger partial charge on any atom is 0.126 e. The van der Waals surface area contributed by atoms with Crippen LogP contribution in [0.2, 0.25) is 0 Å². The van der Waals surface area contributed by atoms with E-state index >= 15 is 0 Å². The molecule has 0 amide bonds. The van der Waals surface area contributed by atoms with Crippen molar-refractivity contribution >= 4 is 6.08 Å². The lowest BCUT2D eigenvalue weighted by Crippen LogP contribution is -2.21. The molecule has 1 rings (SSSR count). The van der Waals surface area contributed by atoms with Gasteiger partial charge in [-0.15, -0.1) is 0 Å². The average Bonchev–Trinajstić information content (AvgIpc) is 2.50. The van der Waals surface area contributed by atoms with Crippen LogP contribution >= 0.6 is 0 Å². The Morgan fingerprint density at radius 1 is 1.46 bits per heavy atom. The molecule has 0 fully saturated rings. The molecular formula is C11H17NO. The van der Waals surface area contributed by atoms with E-state index in [1.165, 1.54) is 0 Å². The molecule has 0 aliphatic heterocycles. The van der Waals surface area contributed by atoms with Crippen molar-refractivity contribution in [3.63, 3.8) is 0 Å². The first kappa shape index (κ1) is 10.1. The van der Waals surface area contributed by atoms with Gasteiger partial charge in [-0.2, -0.15) is 0 Å². The fourth-order valence-electron chi connectivity index (χ4n) is 1.05. The molecule has 1 aromatic heterocycles. The second kappa shape index (κ2) is 4.87. The van der Waals surface area contributed by atoms with Crippen molar-refractivity contribution in [2.24, 2.45) is 0 Å². The molecule has 13 heavy (non-hydrogen) atoms. The van der Waals surface area contributed by atoms with Crippen molar-refractivity contribution < 1.29 is 4.42 Å². The molecule has 0 unspecified atom stereocenters. The second-order valence-corrected chi connectivity index (χ2v) is 3.34. The standard InChI is InChI=1S/C11H17NO/c1-4-5-10-6-7-11(13-10)8-12-9(2)3/h4-7,9,12H,8H2,1-3H3/b5-4+. The molecule has 0 saturated carbocycles. The summed E-state index contributed by atoms with van der Waals surface area (Å²) in [6.07, 6.45) is 3.93. The van der Waals surface area contributed by atoms with Crippen molar-refractivity contribution in [1.82, 2.24) is 5.32 Å². The Labute approximate surface area is 79.6 Å². The topological polar surface area (TPSA) is 25.2 Å². The zero-order valence-corrected chi connectivity index (χ0v) is 8.50.